The Hall–Kier alpha value is -0.0800. The van der Waals surface area contributed by atoms with Crippen LogP contribution in [0, 0.1) is 5.92 Å². The van der Waals surface area contributed by atoms with Crippen LogP contribution in [0.5, 0.6) is 0 Å². The van der Waals surface area contributed by atoms with Gasteiger partial charge in [0.15, 0.2) is 0 Å². The molecular weight excluding hydrogens is 164 g/mol. The summed E-state index contributed by atoms with van der Waals surface area (Å²) >= 11 is 0. The summed E-state index contributed by atoms with van der Waals surface area (Å²) in [6.07, 6.45) is 3.83. The van der Waals surface area contributed by atoms with E-state index in [0.717, 1.165) is 19.6 Å². The van der Waals surface area contributed by atoms with Gasteiger partial charge < -0.3 is 9.47 Å². The van der Waals surface area contributed by atoms with Gasteiger partial charge in [0.2, 0.25) is 0 Å². The van der Waals surface area contributed by atoms with Crippen LogP contribution >= 0.6 is 0 Å². The van der Waals surface area contributed by atoms with E-state index in [9.17, 15) is 0 Å². The number of rotatable bonds is 8. The van der Waals surface area contributed by atoms with E-state index >= 15 is 0 Å². The first-order valence-electron chi connectivity index (χ1n) is 5.32. The molecule has 0 bridgehead atoms. The summed E-state index contributed by atoms with van der Waals surface area (Å²) in [7, 11) is 1.75. The third-order valence-electron chi connectivity index (χ3n) is 2.46. The van der Waals surface area contributed by atoms with E-state index < -0.39 is 0 Å². The van der Waals surface area contributed by atoms with Gasteiger partial charge >= 0.3 is 0 Å². The van der Waals surface area contributed by atoms with Crippen molar-refractivity contribution in [2.24, 2.45) is 5.92 Å². The predicted molar refractivity (Wildman–Crippen MR) is 56.0 cm³/mol. The first-order chi connectivity index (χ1) is 6.22. The molecule has 0 aliphatic heterocycles. The van der Waals surface area contributed by atoms with E-state index in [1.807, 2.05) is 0 Å². The van der Waals surface area contributed by atoms with E-state index in [2.05, 4.69) is 20.8 Å². The lowest BCUT2D eigenvalue weighted by atomic mass is 10.0. The molecule has 2 atom stereocenters. The predicted octanol–water partition coefficient (Wildman–Crippen LogP) is 2.86. The second-order valence-corrected chi connectivity index (χ2v) is 3.69. The number of unbranched alkanes of at least 4 members (excludes halogenated alkanes) is 1. The van der Waals surface area contributed by atoms with Gasteiger partial charge in [-0.2, -0.15) is 0 Å². The van der Waals surface area contributed by atoms with Crippen molar-refractivity contribution in [1.29, 1.82) is 0 Å². The minimum Gasteiger partial charge on any atom is -0.385 e. The van der Waals surface area contributed by atoms with Crippen molar-refractivity contribution in [3.8, 4) is 0 Å². The Balaban J connectivity index is 3.38. The van der Waals surface area contributed by atoms with Crippen molar-refractivity contribution >= 4 is 0 Å². The highest BCUT2D eigenvalue weighted by molar-refractivity contribution is 4.60. The van der Waals surface area contributed by atoms with Gasteiger partial charge in [0.1, 0.15) is 0 Å². The third kappa shape index (κ3) is 7.03. The maximum Gasteiger partial charge on any atom is 0.0573 e. The molecule has 0 aromatic rings. The molecule has 0 aromatic heterocycles. The lowest BCUT2D eigenvalue weighted by Gasteiger charge is -2.19. The summed E-state index contributed by atoms with van der Waals surface area (Å²) in [5.74, 6) is 0.594. The van der Waals surface area contributed by atoms with Gasteiger partial charge in [0.25, 0.3) is 0 Å². The minimum absolute atomic E-state index is 0.363. The molecule has 2 unspecified atom stereocenters. The van der Waals surface area contributed by atoms with Crippen LogP contribution in [-0.4, -0.2) is 26.4 Å². The first-order valence-corrected chi connectivity index (χ1v) is 5.32. The molecular formula is C11H24O2. The molecule has 2 nitrogen and oxygen atoms in total. The Morgan fingerprint density at radius 3 is 2.38 bits per heavy atom. The summed E-state index contributed by atoms with van der Waals surface area (Å²) < 4.78 is 10.7. The smallest absolute Gasteiger partial charge is 0.0573 e. The number of hydrogen-bond donors (Lipinski definition) is 0. The van der Waals surface area contributed by atoms with Gasteiger partial charge in [-0.15, -0.1) is 0 Å². The quantitative estimate of drug-likeness (QED) is 0.545. The third-order valence-corrected chi connectivity index (χ3v) is 2.46. The van der Waals surface area contributed by atoms with E-state index in [1.54, 1.807) is 7.11 Å². The zero-order chi connectivity index (χ0) is 10.1. The monoisotopic (exact) mass is 188 g/mol. The summed E-state index contributed by atoms with van der Waals surface area (Å²) in [5, 5.41) is 0. The standard InChI is InChI=1S/C11H24O2/c1-5-6-8-13-11(3)10(2)7-9-12-4/h10-11H,5-9H2,1-4H3. The molecule has 0 spiro atoms. The summed E-state index contributed by atoms with van der Waals surface area (Å²) in [6.45, 7) is 8.28. The van der Waals surface area contributed by atoms with Crippen LogP contribution in [0.15, 0.2) is 0 Å². The summed E-state index contributed by atoms with van der Waals surface area (Å²) in [6, 6.07) is 0. The van der Waals surface area contributed by atoms with Gasteiger partial charge in [-0.1, -0.05) is 20.3 Å². The first kappa shape index (κ1) is 12.9. The van der Waals surface area contributed by atoms with Gasteiger partial charge in [-0.3, -0.25) is 0 Å². The molecule has 2 heteroatoms. The minimum atomic E-state index is 0.363. The molecule has 13 heavy (non-hydrogen) atoms. The van der Waals surface area contributed by atoms with Crippen molar-refractivity contribution < 1.29 is 9.47 Å². The normalized spacial score (nSPS) is 15.7. The molecule has 0 rings (SSSR count). The zero-order valence-corrected chi connectivity index (χ0v) is 9.51. The van der Waals surface area contributed by atoms with E-state index in [1.165, 1.54) is 12.8 Å². The van der Waals surface area contributed by atoms with E-state index in [-0.39, 0.29) is 0 Å². The lowest BCUT2D eigenvalue weighted by Crippen LogP contribution is -2.20. The number of methoxy groups -OCH3 is 1. The topological polar surface area (TPSA) is 18.5 Å². The zero-order valence-electron chi connectivity index (χ0n) is 9.51. The SMILES string of the molecule is CCCCOC(C)C(C)CCOC. The Kier molecular flexibility index (Phi) is 8.46. The molecule has 0 amide bonds. The van der Waals surface area contributed by atoms with Crippen LogP contribution in [0.25, 0.3) is 0 Å². The van der Waals surface area contributed by atoms with Crippen LogP contribution in [-0.2, 0) is 9.47 Å². The van der Waals surface area contributed by atoms with E-state index in [0.29, 0.717) is 12.0 Å². The molecule has 0 aliphatic carbocycles. The van der Waals surface area contributed by atoms with Crippen LogP contribution in [0.1, 0.15) is 40.0 Å². The summed E-state index contributed by atoms with van der Waals surface area (Å²) in [5.41, 5.74) is 0. The fourth-order valence-corrected chi connectivity index (χ4v) is 1.12. The van der Waals surface area contributed by atoms with Gasteiger partial charge in [0.05, 0.1) is 6.10 Å². The van der Waals surface area contributed by atoms with Crippen LogP contribution in [0.4, 0.5) is 0 Å². The van der Waals surface area contributed by atoms with E-state index in [4.69, 9.17) is 9.47 Å². The van der Waals surface area contributed by atoms with Gasteiger partial charge in [-0.25, -0.2) is 0 Å². The molecule has 0 fully saturated rings. The second kappa shape index (κ2) is 8.52. The molecule has 0 N–H and O–H groups in total. The lowest BCUT2D eigenvalue weighted by molar-refractivity contribution is 0.0187. The Morgan fingerprint density at radius 1 is 1.15 bits per heavy atom. The second-order valence-electron chi connectivity index (χ2n) is 3.69. The van der Waals surface area contributed by atoms with Crippen molar-refractivity contribution in [2.45, 2.75) is 46.1 Å². The molecule has 80 valence electrons. The van der Waals surface area contributed by atoms with Crippen LogP contribution in [0.3, 0.4) is 0 Å². The largest absolute Gasteiger partial charge is 0.385 e. The molecule has 0 aromatic carbocycles. The fraction of sp³-hybridized carbons (Fsp3) is 1.00. The van der Waals surface area contributed by atoms with Gasteiger partial charge in [-0.05, 0) is 25.7 Å². The molecule has 0 aliphatic rings. The van der Waals surface area contributed by atoms with Crippen molar-refractivity contribution in [1.82, 2.24) is 0 Å². The Bertz CT molecular complexity index is 104. The number of ether oxygens (including phenoxy) is 2. The highest BCUT2D eigenvalue weighted by atomic mass is 16.5. The Labute approximate surface area is 82.6 Å². The van der Waals surface area contributed by atoms with Crippen molar-refractivity contribution in [3.05, 3.63) is 0 Å². The maximum absolute atomic E-state index is 5.69. The van der Waals surface area contributed by atoms with Crippen molar-refractivity contribution in [2.75, 3.05) is 20.3 Å². The molecule has 0 saturated carbocycles. The highest BCUT2D eigenvalue weighted by Gasteiger charge is 2.11. The van der Waals surface area contributed by atoms with Crippen LogP contribution < -0.4 is 0 Å². The van der Waals surface area contributed by atoms with Gasteiger partial charge in [0, 0.05) is 20.3 Å². The van der Waals surface area contributed by atoms with Crippen molar-refractivity contribution in [3.63, 3.8) is 0 Å². The average molecular weight is 188 g/mol. The highest BCUT2D eigenvalue weighted by Crippen LogP contribution is 2.11. The number of hydrogen-bond acceptors (Lipinski definition) is 2. The fourth-order valence-electron chi connectivity index (χ4n) is 1.12. The maximum atomic E-state index is 5.69. The summed E-state index contributed by atoms with van der Waals surface area (Å²) in [4.78, 5) is 0. The molecule has 0 radical (unpaired) electrons. The van der Waals surface area contributed by atoms with Crippen LogP contribution in [0.2, 0.25) is 0 Å². The average Bonchev–Trinajstić information content (AvgIpc) is 2.14. The molecule has 0 heterocycles. The Morgan fingerprint density at radius 2 is 1.85 bits per heavy atom. The molecule has 0 saturated heterocycles.